The van der Waals surface area contributed by atoms with Crippen molar-refractivity contribution in [3.8, 4) is 0 Å². The van der Waals surface area contributed by atoms with Gasteiger partial charge in [-0.2, -0.15) is 5.10 Å². The first kappa shape index (κ1) is 11.7. The quantitative estimate of drug-likeness (QED) is 0.886. The van der Waals surface area contributed by atoms with Crippen LogP contribution in [0.5, 0.6) is 0 Å². The number of benzene rings is 1. The molecule has 0 fully saturated rings. The number of nitrogens with zero attached hydrogens (tertiary/aromatic N) is 2. The number of rotatable bonds is 3. The second kappa shape index (κ2) is 4.63. The van der Waals surface area contributed by atoms with Crippen molar-refractivity contribution in [2.24, 2.45) is 12.8 Å². The normalized spacial score (nSPS) is 12.7. The van der Waals surface area contributed by atoms with E-state index in [1.165, 1.54) is 12.1 Å². The van der Waals surface area contributed by atoms with E-state index in [9.17, 15) is 8.78 Å². The Morgan fingerprint density at radius 1 is 1.29 bits per heavy atom. The summed E-state index contributed by atoms with van der Waals surface area (Å²) in [5.41, 5.74) is 7.29. The van der Waals surface area contributed by atoms with Crippen molar-refractivity contribution in [1.82, 2.24) is 9.78 Å². The monoisotopic (exact) mass is 237 g/mol. The predicted octanol–water partition coefficient (Wildman–Crippen LogP) is 1.94. The Balaban J connectivity index is 2.16. The molecule has 1 aromatic carbocycles. The van der Waals surface area contributed by atoms with Gasteiger partial charge in [-0.1, -0.05) is 0 Å². The van der Waals surface area contributed by atoms with E-state index in [0.29, 0.717) is 12.0 Å². The minimum Gasteiger partial charge on any atom is -0.324 e. The van der Waals surface area contributed by atoms with Crippen molar-refractivity contribution >= 4 is 0 Å². The maximum Gasteiger partial charge on any atom is 0.126 e. The van der Waals surface area contributed by atoms with Gasteiger partial charge in [0.25, 0.3) is 0 Å². The summed E-state index contributed by atoms with van der Waals surface area (Å²) < 4.78 is 27.7. The van der Waals surface area contributed by atoms with Crippen LogP contribution in [-0.2, 0) is 13.5 Å². The lowest BCUT2D eigenvalue weighted by molar-refractivity contribution is 0.572. The van der Waals surface area contributed by atoms with Crippen molar-refractivity contribution in [3.05, 3.63) is 53.4 Å². The number of hydrogen-bond acceptors (Lipinski definition) is 2. The molecule has 5 heteroatoms. The molecule has 17 heavy (non-hydrogen) atoms. The molecule has 0 aliphatic carbocycles. The Kier molecular flexibility index (Phi) is 3.19. The maximum absolute atomic E-state index is 13.0. The average molecular weight is 237 g/mol. The summed E-state index contributed by atoms with van der Waals surface area (Å²) in [6.07, 6.45) is 4.02. The fourth-order valence-electron chi connectivity index (χ4n) is 1.74. The van der Waals surface area contributed by atoms with Crippen molar-refractivity contribution < 1.29 is 8.78 Å². The van der Waals surface area contributed by atoms with Gasteiger partial charge in [-0.05, 0) is 29.7 Å². The van der Waals surface area contributed by atoms with Crippen LogP contribution in [0.3, 0.4) is 0 Å². The summed E-state index contributed by atoms with van der Waals surface area (Å²) in [6.45, 7) is 0. The van der Waals surface area contributed by atoms with Gasteiger partial charge < -0.3 is 5.73 Å². The van der Waals surface area contributed by atoms with Crippen molar-refractivity contribution in [1.29, 1.82) is 0 Å². The highest BCUT2D eigenvalue weighted by atomic mass is 19.1. The lowest BCUT2D eigenvalue weighted by atomic mass is 10.0. The zero-order chi connectivity index (χ0) is 12.4. The molecular weight excluding hydrogens is 224 g/mol. The van der Waals surface area contributed by atoms with E-state index >= 15 is 0 Å². The fraction of sp³-hybridized carbons (Fsp3) is 0.250. The topological polar surface area (TPSA) is 43.8 Å². The number of halogens is 2. The summed E-state index contributed by atoms with van der Waals surface area (Å²) in [7, 11) is 1.80. The van der Waals surface area contributed by atoms with Crippen molar-refractivity contribution in [2.45, 2.75) is 12.5 Å². The standard InChI is InChI=1S/C12H13F2N3/c1-17-7-8(6-16-17)2-12(15)9-3-10(13)5-11(14)4-9/h3-7,12H,2,15H2,1H3. The number of hydrogen-bond donors (Lipinski definition) is 1. The minimum absolute atomic E-state index is 0.440. The maximum atomic E-state index is 13.0. The summed E-state index contributed by atoms with van der Waals surface area (Å²) in [4.78, 5) is 0. The highest BCUT2D eigenvalue weighted by molar-refractivity contribution is 5.23. The third-order valence-corrected chi connectivity index (χ3v) is 2.53. The van der Waals surface area contributed by atoms with Gasteiger partial charge in [0.15, 0.2) is 0 Å². The van der Waals surface area contributed by atoms with E-state index in [0.717, 1.165) is 11.6 Å². The summed E-state index contributed by atoms with van der Waals surface area (Å²) in [5, 5.41) is 4.01. The third-order valence-electron chi connectivity index (χ3n) is 2.53. The molecule has 2 N–H and O–H groups in total. The fourth-order valence-corrected chi connectivity index (χ4v) is 1.74. The molecule has 3 nitrogen and oxygen atoms in total. The third kappa shape index (κ3) is 2.88. The summed E-state index contributed by atoms with van der Waals surface area (Å²) in [5.74, 6) is -1.22. The number of aromatic nitrogens is 2. The highest BCUT2D eigenvalue weighted by Gasteiger charge is 2.11. The van der Waals surface area contributed by atoms with Crippen LogP contribution in [-0.4, -0.2) is 9.78 Å². The van der Waals surface area contributed by atoms with E-state index in [-0.39, 0.29) is 0 Å². The summed E-state index contributed by atoms with van der Waals surface area (Å²) >= 11 is 0. The van der Waals surface area contributed by atoms with Crippen LogP contribution in [0.1, 0.15) is 17.2 Å². The van der Waals surface area contributed by atoms with Gasteiger partial charge in [-0.15, -0.1) is 0 Å². The Bertz CT molecular complexity index is 502. The van der Waals surface area contributed by atoms with E-state index in [1.54, 1.807) is 17.9 Å². The van der Waals surface area contributed by atoms with E-state index in [1.807, 2.05) is 6.20 Å². The molecule has 1 unspecified atom stereocenters. The SMILES string of the molecule is Cn1cc(CC(N)c2cc(F)cc(F)c2)cn1. The van der Waals surface area contributed by atoms with Crippen LogP contribution in [0.25, 0.3) is 0 Å². The molecule has 1 heterocycles. The smallest absolute Gasteiger partial charge is 0.126 e. The van der Waals surface area contributed by atoms with Crippen LogP contribution >= 0.6 is 0 Å². The van der Waals surface area contributed by atoms with Gasteiger partial charge in [-0.3, -0.25) is 4.68 Å². The Morgan fingerprint density at radius 2 is 1.94 bits per heavy atom. The zero-order valence-corrected chi connectivity index (χ0v) is 9.40. The number of nitrogens with two attached hydrogens (primary N) is 1. The largest absolute Gasteiger partial charge is 0.324 e. The van der Waals surface area contributed by atoms with Gasteiger partial charge >= 0.3 is 0 Å². The predicted molar refractivity (Wildman–Crippen MR) is 60.2 cm³/mol. The van der Waals surface area contributed by atoms with Gasteiger partial charge in [0.1, 0.15) is 11.6 Å². The molecule has 0 radical (unpaired) electrons. The van der Waals surface area contributed by atoms with Crippen molar-refractivity contribution in [3.63, 3.8) is 0 Å². The molecule has 0 saturated carbocycles. The van der Waals surface area contributed by atoms with Crippen LogP contribution < -0.4 is 5.73 Å². The second-order valence-electron chi connectivity index (χ2n) is 4.04. The molecule has 0 spiro atoms. The molecule has 0 bridgehead atoms. The molecule has 0 amide bonds. The van der Waals surface area contributed by atoms with E-state index in [2.05, 4.69) is 5.10 Å². The highest BCUT2D eigenvalue weighted by Crippen LogP contribution is 2.18. The van der Waals surface area contributed by atoms with E-state index in [4.69, 9.17) is 5.73 Å². The molecule has 0 saturated heterocycles. The molecule has 0 aliphatic heterocycles. The lowest BCUT2D eigenvalue weighted by Gasteiger charge is -2.11. The second-order valence-corrected chi connectivity index (χ2v) is 4.04. The molecule has 2 aromatic rings. The molecule has 90 valence electrons. The van der Waals surface area contributed by atoms with Crippen LogP contribution in [0.15, 0.2) is 30.6 Å². The lowest BCUT2D eigenvalue weighted by Crippen LogP contribution is -2.13. The van der Waals surface area contributed by atoms with Crippen LogP contribution in [0.2, 0.25) is 0 Å². The number of aryl methyl sites for hydroxylation is 1. The zero-order valence-electron chi connectivity index (χ0n) is 9.40. The first-order chi connectivity index (χ1) is 8.04. The Morgan fingerprint density at radius 3 is 2.47 bits per heavy atom. The van der Waals surface area contributed by atoms with Gasteiger partial charge in [0, 0.05) is 25.4 Å². The average Bonchev–Trinajstić information content (AvgIpc) is 2.62. The molecular formula is C12H13F2N3. The van der Waals surface area contributed by atoms with Gasteiger partial charge in [0.05, 0.1) is 6.20 Å². The molecule has 2 rings (SSSR count). The molecule has 0 aliphatic rings. The van der Waals surface area contributed by atoms with Gasteiger partial charge in [-0.25, -0.2) is 8.78 Å². The Hall–Kier alpha value is -1.75. The minimum atomic E-state index is -0.610. The first-order valence-corrected chi connectivity index (χ1v) is 5.23. The van der Waals surface area contributed by atoms with Gasteiger partial charge in [0.2, 0.25) is 0 Å². The van der Waals surface area contributed by atoms with Crippen LogP contribution in [0, 0.1) is 11.6 Å². The van der Waals surface area contributed by atoms with E-state index < -0.39 is 17.7 Å². The van der Waals surface area contributed by atoms with Crippen molar-refractivity contribution in [2.75, 3.05) is 0 Å². The van der Waals surface area contributed by atoms with Crippen LogP contribution in [0.4, 0.5) is 8.78 Å². The summed E-state index contributed by atoms with van der Waals surface area (Å²) in [6, 6.07) is 2.90. The first-order valence-electron chi connectivity index (χ1n) is 5.23. The molecule has 1 atom stereocenters. The molecule has 1 aromatic heterocycles. The Labute approximate surface area is 97.9 Å².